The zero-order valence-electron chi connectivity index (χ0n) is 20.1. The van der Waals surface area contributed by atoms with E-state index in [0.29, 0.717) is 22.9 Å². The van der Waals surface area contributed by atoms with Gasteiger partial charge in [0.05, 0.1) is 18.5 Å². The van der Waals surface area contributed by atoms with Gasteiger partial charge in [-0.3, -0.25) is 4.68 Å². The van der Waals surface area contributed by atoms with E-state index < -0.39 is 17.6 Å². The van der Waals surface area contributed by atoms with Gasteiger partial charge in [-0.1, -0.05) is 20.8 Å². The number of ether oxygens (including phenoxy) is 1. The van der Waals surface area contributed by atoms with Gasteiger partial charge >= 0.3 is 6.18 Å². The summed E-state index contributed by atoms with van der Waals surface area (Å²) in [5.41, 5.74) is 0.829. The Morgan fingerprint density at radius 3 is 2.30 bits per heavy atom. The van der Waals surface area contributed by atoms with E-state index >= 15 is 0 Å². The summed E-state index contributed by atoms with van der Waals surface area (Å²) in [6.07, 6.45) is 0.184. The van der Waals surface area contributed by atoms with Crippen LogP contribution in [-0.2, 0) is 13.2 Å². The number of aromatic nitrogens is 4. The fraction of sp³-hybridized carbons (Fsp3) is 0.708. The lowest BCUT2D eigenvalue weighted by Gasteiger charge is -2.24. The summed E-state index contributed by atoms with van der Waals surface area (Å²) >= 11 is 0. The van der Waals surface area contributed by atoms with Crippen LogP contribution in [0.5, 0.6) is 5.88 Å². The van der Waals surface area contributed by atoms with E-state index in [9.17, 15) is 13.2 Å². The second-order valence-corrected chi connectivity index (χ2v) is 11.0. The van der Waals surface area contributed by atoms with E-state index in [0.717, 1.165) is 44.1 Å². The van der Waals surface area contributed by atoms with Gasteiger partial charge in [-0.15, -0.1) is 10.2 Å². The van der Waals surface area contributed by atoms with Crippen LogP contribution >= 0.6 is 0 Å². The molecule has 0 amide bonds. The summed E-state index contributed by atoms with van der Waals surface area (Å²) < 4.78 is 48.5. The molecule has 6 nitrogen and oxygen atoms in total. The Hall–Kier alpha value is -2.16. The van der Waals surface area contributed by atoms with Gasteiger partial charge in [0.2, 0.25) is 5.88 Å². The molecule has 0 N–H and O–H groups in total. The van der Waals surface area contributed by atoms with Crippen molar-refractivity contribution in [2.75, 3.05) is 26.2 Å². The van der Waals surface area contributed by atoms with Crippen LogP contribution in [0.2, 0.25) is 0 Å². The van der Waals surface area contributed by atoms with Gasteiger partial charge in [-0.2, -0.15) is 18.3 Å². The summed E-state index contributed by atoms with van der Waals surface area (Å²) in [5.74, 6) is 1.05. The SMILES string of the molecule is Cc1cnn(C)c1-c1cc(C(F)(F)F)c(OCC2C[C@@H]3CN(CCC(C)(C)C)C[C@@H]3C2)nn1. The van der Waals surface area contributed by atoms with Crippen molar-refractivity contribution in [2.45, 2.75) is 53.1 Å². The van der Waals surface area contributed by atoms with Gasteiger partial charge in [0, 0.05) is 20.1 Å². The van der Waals surface area contributed by atoms with Crippen LogP contribution in [0.3, 0.4) is 0 Å². The molecule has 2 fully saturated rings. The quantitative estimate of drug-likeness (QED) is 0.603. The highest BCUT2D eigenvalue weighted by molar-refractivity contribution is 5.59. The predicted molar refractivity (Wildman–Crippen MR) is 120 cm³/mol. The molecule has 0 bridgehead atoms. The van der Waals surface area contributed by atoms with Crippen molar-refractivity contribution in [1.82, 2.24) is 24.9 Å². The number of aryl methyl sites for hydroxylation is 2. The molecule has 1 aliphatic heterocycles. The zero-order valence-corrected chi connectivity index (χ0v) is 20.1. The molecule has 3 atom stereocenters. The maximum atomic E-state index is 13.8. The molecule has 0 spiro atoms. The van der Waals surface area contributed by atoms with Crippen LogP contribution in [-0.4, -0.2) is 51.1 Å². The normalized spacial score (nSPS) is 23.8. The van der Waals surface area contributed by atoms with E-state index in [1.165, 1.54) is 11.1 Å². The highest BCUT2D eigenvalue weighted by atomic mass is 19.4. The third-order valence-corrected chi connectivity index (χ3v) is 6.99. The molecule has 2 aliphatic rings. The first-order chi connectivity index (χ1) is 15.4. The highest BCUT2D eigenvalue weighted by Crippen LogP contribution is 2.43. The standard InChI is InChI=1S/C24H34F3N5O/c1-15-11-28-31(5)21(15)20-10-19(24(25,26)27)22(30-29-20)33-14-16-8-17-12-32(13-18(17)9-16)7-6-23(2,3)4/h10-11,16-18H,6-9,12-14H2,1-5H3/t16?,17-,18+. The first-order valence-corrected chi connectivity index (χ1v) is 11.7. The van der Waals surface area contributed by atoms with Crippen molar-refractivity contribution in [3.05, 3.63) is 23.4 Å². The second kappa shape index (κ2) is 8.89. The number of halogens is 3. The van der Waals surface area contributed by atoms with Crippen molar-refractivity contribution >= 4 is 0 Å². The summed E-state index contributed by atoms with van der Waals surface area (Å²) in [6, 6.07) is 1.02. The van der Waals surface area contributed by atoms with E-state index in [1.54, 1.807) is 20.2 Å². The average molecular weight is 466 g/mol. The van der Waals surface area contributed by atoms with E-state index in [-0.39, 0.29) is 18.2 Å². The molecular weight excluding hydrogens is 431 g/mol. The number of fused-ring (bicyclic) bond motifs is 1. The Morgan fingerprint density at radius 2 is 1.76 bits per heavy atom. The fourth-order valence-electron chi connectivity index (χ4n) is 5.25. The first-order valence-electron chi connectivity index (χ1n) is 11.7. The Labute approximate surface area is 193 Å². The van der Waals surface area contributed by atoms with Gasteiger partial charge in [0.15, 0.2) is 0 Å². The number of hydrogen-bond acceptors (Lipinski definition) is 5. The van der Waals surface area contributed by atoms with Gasteiger partial charge in [0.1, 0.15) is 11.3 Å². The smallest absolute Gasteiger partial charge is 0.421 e. The number of alkyl halides is 3. The molecule has 182 valence electrons. The molecule has 33 heavy (non-hydrogen) atoms. The monoisotopic (exact) mass is 465 g/mol. The van der Waals surface area contributed by atoms with Gasteiger partial charge in [-0.05, 0) is 67.5 Å². The van der Waals surface area contributed by atoms with Crippen LogP contribution in [0, 0.1) is 30.1 Å². The van der Waals surface area contributed by atoms with E-state index in [2.05, 4.69) is 41.0 Å². The molecule has 1 unspecified atom stereocenters. The number of hydrogen-bond donors (Lipinski definition) is 0. The number of likely N-dealkylation sites (tertiary alicyclic amines) is 1. The molecule has 2 aromatic rings. The highest BCUT2D eigenvalue weighted by Gasteiger charge is 2.42. The lowest BCUT2D eigenvalue weighted by atomic mass is 9.92. The molecule has 1 saturated carbocycles. The molecule has 1 saturated heterocycles. The van der Waals surface area contributed by atoms with Crippen molar-refractivity contribution in [3.63, 3.8) is 0 Å². The molecule has 3 heterocycles. The molecule has 0 aromatic carbocycles. The lowest BCUT2D eigenvalue weighted by Crippen LogP contribution is -2.27. The van der Waals surface area contributed by atoms with Crippen molar-refractivity contribution < 1.29 is 17.9 Å². The van der Waals surface area contributed by atoms with E-state index in [4.69, 9.17) is 4.74 Å². The molecular formula is C24H34F3N5O. The second-order valence-electron chi connectivity index (χ2n) is 11.0. The molecule has 4 rings (SSSR count). The third kappa shape index (κ3) is 5.50. The summed E-state index contributed by atoms with van der Waals surface area (Å²) in [6.45, 7) is 12.1. The Kier molecular flexibility index (Phi) is 6.46. The number of rotatable bonds is 6. The van der Waals surface area contributed by atoms with Crippen LogP contribution < -0.4 is 4.74 Å². The molecule has 2 aromatic heterocycles. The molecule has 9 heteroatoms. The third-order valence-electron chi connectivity index (χ3n) is 6.99. The zero-order chi connectivity index (χ0) is 24.0. The van der Waals surface area contributed by atoms with E-state index in [1.807, 2.05) is 0 Å². The van der Waals surface area contributed by atoms with Crippen LogP contribution in [0.15, 0.2) is 12.3 Å². The largest absolute Gasteiger partial charge is 0.476 e. The topological polar surface area (TPSA) is 56.1 Å². The summed E-state index contributed by atoms with van der Waals surface area (Å²) in [4.78, 5) is 2.55. The predicted octanol–water partition coefficient (Wildman–Crippen LogP) is 4.98. The number of nitrogens with zero attached hydrogens (tertiary/aromatic N) is 5. The minimum absolute atomic E-state index is 0.137. The van der Waals surface area contributed by atoms with Crippen LogP contribution in [0.4, 0.5) is 13.2 Å². The van der Waals surface area contributed by atoms with Gasteiger partial charge in [-0.25, -0.2) is 0 Å². The van der Waals surface area contributed by atoms with Crippen molar-refractivity contribution in [1.29, 1.82) is 0 Å². The maximum absolute atomic E-state index is 13.8. The Bertz CT molecular complexity index is 948. The van der Waals surface area contributed by atoms with Gasteiger partial charge < -0.3 is 9.64 Å². The fourth-order valence-corrected chi connectivity index (χ4v) is 5.25. The summed E-state index contributed by atoms with van der Waals surface area (Å²) in [7, 11) is 1.67. The first kappa shape index (κ1) is 24.0. The minimum atomic E-state index is -4.58. The molecule has 0 radical (unpaired) electrons. The maximum Gasteiger partial charge on any atom is 0.421 e. The minimum Gasteiger partial charge on any atom is -0.476 e. The van der Waals surface area contributed by atoms with Gasteiger partial charge in [0.25, 0.3) is 0 Å². The van der Waals surface area contributed by atoms with Crippen LogP contribution in [0.25, 0.3) is 11.4 Å². The molecule has 1 aliphatic carbocycles. The Balaban J connectivity index is 1.38. The van der Waals surface area contributed by atoms with Crippen LogP contribution in [0.1, 0.15) is 51.2 Å². The average Bonchev–Trinajstić information content (AvgIpc) is 3.36. The van der Waals surface area contributed by atoms with Crippen molar-refractivity contribution in [2.24, 2.45) is 30.2 Å². The lowest BCUT2D eigenvalue weighted by molar-refractivity contribution is -0.139. The Morgan fingerprint density at radius 1 is 1.09 bits per heavy atom. The van der Waals surface area contributed by atoms with Crippen molar-refractivity contribution in [3.8, 4) is 17.3 Å². The summed E-state index contributed by atoms with van der Waals surface area (Å²) in [5, 5.41) is 11.9.